The number of hydrogen-bond donors (Lipinski definition) is 0. The summed E-state index contributed by atoms with van der Waals surface area (Å²) in [5.74, 6) is 0.760. The maximum Gasteiger partial charge on any atom is 0.323 e. The lowest BCUT2D eigenvalue weighted by Crippen LogP contribution is -2.47. The molecule has 0 aromatic carbocycles. The van der Waals surface area contributed by atoms with Crippen LogP contribution >= 0.6 is 0 Å². The van der Waals surface area contributed by atoms with Crippen LogP contribution < -0.4 is 0 Å². The number of nitrogens with zero attached hydrogens (tertiary/aromatic N) is 2. The van der Waals surface area contributed by atoms with Crippen molar-refractivity contribution in [2.75, 3.05) is 39.3 Å². The van der Waals surface area contributed by atoms with E-state index in [1.807, 2.05) is 0 Å². The van der Waals surface area contributed by atoms with Gasteiger partial charge in [-0.25, -0.2) is 0 Å². The van der Waals surface area contributed by atoms with Crippen LogP contribution in [0.2, 0.25) is 0 Å². The number of piperidine rings is 1. The fourth-order valence-electron chi connectivity index (χ4n) is 4.03. The van der Waals surface area contributed by atoms with E-state index in [4.69, 9.17) is 4.74 Å². The summed E-state index contributed by atoms with van der Waals surface area (Å²) in [6.07, 6.45) is 9.01. The molecule has 2 atom stereocenters. The van der Waals surface area contributed by atoms with Gasteiger partial charge in [0, 0.05) is 19.5 Å². The number of carbonyl (C=O) groups is 1. The number of cyclic esters (lactones) is 1. The first-order valence-electron chi connectivity index (χ1n) is 8.46. The van der Waals surface area contributed by atoms with E-state index in [-0.39, 0.29) is 12.0 Å². The predicted octanol–water partition coefficient (Wildman–Crippen LogP) is 1.89. The third kappa shape index (κ3) is 3.53. The van der Waals surface area contributed by atoms with Crippen molar-refractivity contribution in [3.63, 3.8) is 0 Å². The quantitative estimate of drug-likeness (QED) is 0.739. The summed E-state index contributed by atoms with van der Waals surface area (Å²) in [6.45, 7) is 6.59. The molecule has 0 radical (unpaired) electrons. The summed E-state index contributed by atoms with van der Waals surface area (Å²) in [5, 5.41) is 0. The highest BCUT2D eigenvalue weighted by Gasteiger charge is 2.35. The summed E-state index contributed by atoms with van der Waals surface area (Å²) in [6, 6.07) is 0.0573. The first-order chi connectivity index (χ1) is 9.83. The molecule has 3 aliphatic heterocycles. The molecule has 0 amide bonds. The molecule has 0 unspecified atom stereocenters. The van der Waals surface area contributed by atoms with Gasteiger partial charge in [0.1, 0.15) is 6.04 Å². The molecular weight excluding hydrogens is 252 g/mol. The molecule has 3 aliphatic rings. The Balaban J connectivity index is 1.51. The standard InChI is InChI=1S/C16H28N2O2/c19-16-15(7-11-20-16)18-10-5-6-14(13-18)12-17-8-3-1-2-4-9-17/h14-15H,1-13H2/t14-,15+/m1/s1. The Bertz CT molecular complexity index is 326. The van der Waals surface area contributed by atoms with Gasteiger partial charge in [0.25, 0.3) is 0 Å². The first-order valence-corrected chi connectivity index (χ1v) is 8.46. The lowest BCUT2D eigenvalue weighted by molar-refractivity contribution is -0.142. The van der Waals surface area contributed by atoms with Crippen LogP contribution in [-0.4, -0.2) is 61.1 Å². The van der Waals surface area contributed by atoms with Crippen molar-refractivity contribution in [3.8, 4) is 0 Å². The van der Waals surface area contributed by atoms with Crippen LogP contribution in [0, 0.1) is 5.92 Å². The van der Waals surface area contributed by atoms with Crippen molar-refractivity contribution in [1.29, 1.82) is 0 Å². The minimum absolute atomic E-state index is 0.0143. The van der Waals surface area contributed by atoms with Gasteiger partial charge in [0.05, 0.1) is 6.61 Å². The van der Waals surface area contributed by atoms with E-state index in [0.29, 0.717) is 6.61 Å². The van der Waals surface area contributed by atoms with E-state index < -0.39 is 0 Å². The molecule has 0 aromatic rings. The Morgan fingerprint density at radius 2 is 1.80 bits per heavy atom. The zero-order valence-electron chi connectivity index (χ0n) is 12.6. The summed E-state index contributed by atoms with van der Waals surface area (Å²) in [4.78, 5) is 16.8. The second-order valence-electron chi connectivity index (χ2n) is 6.69. The highest BCUT2D eigenvalue weighted by molar-refractivity contribution is 5.77. The Morgan fingerprint density at radius 3 is 2.50 bits per heavy atom. The van der Waals surface area contributed by atoms with Crippen molar-refractivity contribution in [2.24, 2.45) is 5.92 Å². The second kappa shape index (κ2) is 6.90. The maximum absolute atomic E-state index is 11.7. The minimum atomic E-state index is 0.0143. The third-order valence-electron chi connectivity index (χ3n) is 5.11. The Labute approximate surface area is 122 Å². The smallest absolute Gasteiger partial charge is 0.323 e. The number of esters is 1. The molecule has 4 nitrogen and oxygen atoms in total. The van der Waals surface area contributed by atoms with Crippen molar-refractivity contribution in [2.45, 2.75) is 51.0 Å². The van der Waals surface area contributed by atoms with Crippen molar-refractivity contribution < 1.29 is 9.53 Å². The topological polar surface area (TPSA) is 32.8 Å². The van der Waals surface area contributed by atoms with E-state index >= 15 is 0 Å². The highest BCUT2D eigenvalue weighted by atomic mass is 16.5. The van der Waals surface area contributed by atoms with Crippen molar-refractivity contribution >= 4 is 5.97 Å². The molecule has 3 saturated heterocycles. The molecule has 4 heteroatoms. The van der Waals surface area contributed by atoms with Gasteiger partial charge in [0.15, 0.2) is 0 Å². The number of hydrogen-bond acceptors (Lipinski definition) is 4. The van der Waals surface area contributed by atoms with Crippen LogP contribution in [0.5, 0.6) is 0 Å². The van der Waals surface area contributed by atoms with Crippen LogP contribution in [0.15, 0.2) is 0 Å². The van der Waals surface area contributed by atoms with Gasteiger partial charge in [-0.15, -0.1) is 0 Å². The van der Waals surface area contributed by atoms with Gasteiger partial charge < -0.3 is 9.64 Å². The van der Waals surface area contributed by atoms with Gasteiger partial charge in [-0.3, -0.25) is 9.69 Å². The van der Waals surface area contributed by atoms with Crippen LogP contribution in [0.1, 0.15) is 44.9 Å². The van der Waals surface area contributed by atoms with Crippen LogP contribution in [0.4, 0.5) is 0 Å². The van der Waals surface area contributed by atoms with E-state index in [2.05, 4.69) is 9.80 Å². The molecular formula is C16H28N2O2. The predicted molar refractivity (Wildman–Crippen MR) is 78.6 cm³/mol. The van der Waals surface area contributed by atoms with E-state index in [1.165, 1.54) is 58.2 Å². The molecule has 0 aromatic heterocycles. The van der Waals surface area contributed by atoms with Gasteiger partial charge in [0.2, 0.25) is 0 Å². The first kappa shape index (κ1) is 14.3. The van der Waals surface area contributed by atoms with Crippen LogP contribution in [0.3, 0.4) is 0 Å². The average molecular weight is 280 g/mol. The highest BCUT2D eigenvalue weighted by Crippen LogP contribution is 2.24. The molecule has 3 rings (SSSR count). The molecule has 20 heavy (non-hydrogen) atoms. The number of likely N-dealkylation sites (tertiary alicyclic amines) is 2. The third-order valence-corrected chi connectivity index (χ3v) is 5.11. The molecule has 0 saturated carbocycles. The van der Waals surface area contributed by atoms with E-state index in [9.17, 15) is 4.79 Å². The number of carbonyl (C=O) groups excluding carboxylic acids is 1. The summed E-state index contributed by atoms with van der Waals surface area (Å²) in [5.41, 5.74) is 0. The second-order valence-corrected chi connectivity index (χ2v) is 6.69. The lowest BCUT2D eigenvalue weighted by Gasteiger charge is -2.37. The number of rotatable bonds is 3. The van der Waals surface area contributed by atoms with Gasteiger partial charge in [-0.2, -0.15) is 0 Å². The molecule has 0 N–H and O–H groups in total. The molecule has 114 valence electrons. The Kier molecular flexibility index (Phi) is 4.94. The molecule has 0 bridgehead atoms. The Hall–Kier alpha value is -0.610. The number of ether oxygens (including phenoxy) is 1. The Morgan fingerprint density at radius 1 is 1.00 bits per heavy atom. The van der Waals surface area contributed by atoms with Crippen molar-refractivity contribution in [3.05, 3.63) is 0 Å². The van der Waals surface area contributed by atoms with Gasteiger partial charge in [-0.1, -0.05) is 12.8 Å². The molecule has 0 spiro atoms. The van der Waals surface area contributed by atoms with Crippen LogP contribution in [0.25, 0.3) is 0 Å². The van der Waals surface area contributed by atoms with Gasteiger partial charge in [-0.05, 0) is 51.2 Å². The lowest BCUT2D eigenvalue weighted by atomic mass is 9.95. The van der Waals surface area contributed by atoms with E-state index in [1.54, 1.807) is 0 Å². The van der Waals surface area contributed by atoms with Crippen LogP contribution in [-0.2, 0) is 9.53 Å². The summed E-state index contributed by atoms with van der Waals surface area (Å²) < 4.78 is 5.13. The maximum atomic E-state index is 11.7. The zero-order valence-corrected chi connectivity index (χ0v) is 12.6. The zero-order chi connectivity index (χ0) is 13.8. The molecule has 0 aliphatic carbocycles. The SMILES string of the molecule is O=C1OCC[C@@H]1N1CCC[C@H](CN2CCCCCC2)C1. The monoisotopic (exact) mass is 280 g/mol. The van der Waals surface area contributed by atoms with Gasteiger partial charge >= 0.3 is 5.97 Å². The fraction of sp³-hybridized carbons (Fsp3) is 0.938. The molecule has 3 heterocycles. The largest absolute Gasteiger partial charge is 0.464 e. The average Bonchev–Trinajstić information content (AvgIpc) is 2.72. The normalized spacial score (nSPS) is 33.9. The van der Waals surface area contributed by atoms with Crippen molar-refractivity contribution in [1.82, 2.24) is 9.80 Å². The molecule has 3 fully saturated rings. The minimum Gasteiger partial charge on any atom is -0.464 e. The van der Waals surface area contributed by atoms with E-state index in [0.717, 1.165) is 25.4 Å². The summed E-state index contributed by atoms with van der Waals surface area (Å²) in [7, 11) is 0. The fourth-order valence-corrected chi connectivity index (χ4v) is 4.03. The summed E-state index contributed by atoms with van der Waals surface area (Å²) >= 11 is 0.